The van der Waals surface area contributed by atoms with Gasteiger partial charge < -0.3 is 74.6 Å². The van der Waals surface area contributed by atoms with E-state index in [1.54, 1.807) is 104 Å². The van der Waals surface area contributed by atoms with Gasteiger partial charge in [-0.3, -0.25) is 39.2 Å². The van der Waals surface area contributed by atoms with Crippen LogP contribution in [0.15, 0.2) is 84.5 Å². The van der Waals surface area contributed by atoms with Crippen molar-refractivity contribution in [3.8, 4) is 0 Å². The summed E-state index contributed by atoms with van der Waals surface area (Å²) in [5, 5.41) is 80.5. The van der Waals surface area contributed by atoms with Crippen molar-refractivity contribution in [1.29, 1.82) is 0 Å². The zero-order valence-electron chi connectivity index (χ0n) is 61.8. The van der Waals surface area contributed by atoms with Crippen LogP contribution in [0.3, 0.4) is 0 Å². The van der Waals surface area contributed by atoms with Crippen molar-refractivity contribution in [1.82, 2.24) is 30.7 Å². The molecule has 4 aliphatic rings. The van der Waals surface area contributed by atoms with E-state index in [1.807, 2.05) is 81.9 Å². The summed E-state index contributed by atoms with van der Waals surface area (Å²) in [4.78, 5) is 91.9. The second-order valence-corrected chi connectivity index (χ2v) is 29.7. The minimum absolute atomic E-state index is 0.0251. The summed E-state index contributed by atoms with van der Waals surface area (Å²) >= 11 is 0. The number of nitrogens with one attached hydrogen (secondary N) is 4. The first-order valence-corrected chi connectivity index (χ1v) is 35.8. The number of guanidine groups is 1. The number of ketones is 1. The molecule has 100 heavy (non-hydrogen) atoms. The van der Waals surface area contributed by atoms with Gasteiger partial charge in [-0.1, -0.05) is 114 Å². The molecule has 25 nitrogen and oxygen atoms in total. The molecule has 0 radical (unpaired) electrons. The highest BCUT2D eigenvalue weighted by Gasteiger charge is 2.53. The number of allylic oxidation sites excluding steroid dienone is 3. The lowest BCUT2D eigenvalue weighted by Gasteiger charge is -2.48. The van der Waals surface area contributed by atoms with E-state index in [1.165, 1.54) is 18.9 Å². The van der Waals surface area contributed by atoms with Crippen LogP contribution in [-0.2, 0) is 58.8 Å². The van der Waals surface area contributed by atoms with Gasteiger partial charge in [0.25, 0.3) is 0 Å². The number of hydrogen-bond acceptors (Lipinski definition) is 19. The average molecular weight is 1410 g/mol. The number of esters is 1. The topological polar surface area (TPSA) is 339 Å². The number of carboxylic acids is 1. The number of Topliss-reactive ketones (excluding diaryl/α,β-unsaturated/α-hetero) is 1. The maximum absolute atomic E-state index is 15.3. The number of carboxylic acid groups (broad SMARTS) is 1. The Balaban J connectivity index is 1.29. The molecule has 3 heterocycles. The molecule has 3 saturated heterocycles. The van der Waals surface area contributed by atoms with Crippen LogP contribution in [-0.4, -0.2) is 244 Å². The Morgan fingerprint density at radius 1 is 0.870 bits per heavy atom. The summed E-state index contributed by atoms with van der Waals surface area (Å²) in [5.41, 5.74) is -3.09. The monoisotopic (exact) mass is 1400 g/mol. The number of aliphatic hydroxyl groups excluding tert-OH is 3. The third kappa shape index (κ3) is 22.2. The summed E-state index contributed by atoms with van der Waals surface area (Å²) in [6.45, 7) is 22.2. The molecule has 0 bridgehead atoms. The number of nitrogens with zero attached hydrogens (tertiary/aromatic N) is 3. The zero-order valence-corrected chi connectivity index (χ0v) is 61.8. The van der Waals surface area contributed by atoms with E-state index in [0.717, 1.165) is 0 Å². The summed E-state index contributed by atoms with van der Waals surface area (Å²) in [5.74, 6) is -7.38. The van der Waals surface area contributed by atoms with Crippen molar-refractivity contribution in [2.24, 2.45) is 35.5 Å². The molecule has 1 aliphatic carbocycles. The van der Waals surface area contributed by atoms with E-state index < -0.39 is 163 Å². The van der Waals surface area contributed by atoms with Crippen LogP contribution in [0.2, 0.25) is 0 Å². The van der Waals surface area contributed by atoms with Gasteiger partial charge in [-0.25, -0.2) is 4.79 Å². The van der Waals surface area contributed by atoms with Crippen molar-refractivity contribution < 1.29 is 92.8 Å². The lowest BCUT2D eigenvalue weighted by molar-refractivity contribution is -0.454. The summed E-state index contributed by atoms with van der Waals surface area (Å²) in [6, 6.07) is 15.5. The van der Waals surface area contributed by atoms with Gasteiger partial charge in [-0.2, -0.15) is 4.90 Å². The van der Waals surface area contributed by atoms with Gasteiger partial charge in [0.05, 0.1) is 67.1 Å². The molecule has 3 aliphatic heterocycles. The Hall–Kier alpha value is -6.07. The molecular weight excluding hydrogens is 1290 g/mol. The molecule has 2 aromatic carbocycles. The minimum atomic E-state index is -2.07. The number of cyclic esters (lactones) is 1. The Labute approximate surface area is 591 Å². The van der Waals surface area contributed by atoms with Gasteiger partial charge in [0, 0.05) is 62.5 Å². The Morgan fingerprint density at radius 3 is 2.15 bits per heavy atom. The number of methoxy groups -OCH3 is 1. The smallest absolute Gasteiger partial charge is 0.353 e. The number of ether oxygens (including phenoxy) is 6. The number of amides is 3. The first-order valence-electron chi connectivity index (χ1n) is 35.8. The fraction of sp³-hybridized carbons (Fsp3) is 0.693. The number of carbonyl (C=O) groups excluding carboxylic acids is 5. The number of rotatable bonds is 26. The van der Waals surface area contributed by atoms with Crippen LogP contribution in [0.4, 0.5) is 0 Å². The van der Waals surface area contributed by atoms with Gasteiger partial charge in [0.1, 0.15) is 36.1 Å². The number of carbonyl (C=O) groups is 6. The van der Waals surface area contributed by atoms with Gasteiger partial charge in [0.2, 0.25) is 11.8 Å². The van der Waals surface area contributed by atoms with Crippen LogP contribution in [0, 0.1) is 35.5 Å². The zero-order chi connectivity index (χ0) is 74.1. The van der Waals surface area contributed by atoms with E-state index in [2.05, 4.69) is 20.9 Å². The predicted octanol–water partition coefficient (Wildman–Crippen LogP) is 3.51. The second-order valence-electron chi connectivity index (χ2n) is 29.7. The van der Waals surface area contributed by atoms with Crippen LogP contribution < -0.4 is 20.9 Å². The predicted molar refractivity (Wildman–Crippen MR) is 376 cm³/mol. The normalized spacial score (nSPS) is 33.5. The van der Waals surface area contributed by atoms with E-state index in [-0.39, 0.29) is 82.0 Å². The van der Waals surface area contributed by atoms with Crippen LogP contribution in [0.25, 0.3) is 0 Å². The molecule has 0 aromatic heterocycles. The fourth-order valence-electron chi connectivity index (χ4n) is 14.5. The maximum Gasteiger partial charge on any atom is 0.353 e. The van der Waals surface area contributed by atoms with E-state index >= 15 is 4.79 Å². The van der Waals surface area contributed by atoms with E-state index in [4.69, 9.17) is 28.4 Å². The molecule has 21 unspecified atom stereocenters. The van der Waals surface area contributed by atoms with Gasteiger partial charge >= 0.3 is 23.8 Å². The molecule has 3 fully saturated rings. The first kappa shape index (κ1) is 82.9. The molecule has 21 atom stereocenters. The molecular formula is C75H118N7O18+. The summed E-state index contributed by atoms with van der Waals surface area (Å²) < 4.78 is 38.5. The molecule has 2 aromatic rings. The van der Waals surface area contributed by atoms with Crippen molar-refractivity contribution >= 4 is 41.4 Å². The van der Waals surface area contributed by atoms with Crippen LogP contribution in [0.1, 0.15) is 151 Å². The van der Waals surface area contributed by atoms with Gasteiger partial charge in [0.15, 0.2) is 24.9 Å². The van der Waals surface area contributed by atoms with Crippen molar-refractivity contribution in [3.05, 3.63) is 95.6 Å². The van der Waals surface area contributed by atoms with Gasteiger partial charge in [-0.05, 0) is 131 Å². The highest BCUT2D eigenvalue weighted by atomic mass is 16.7. The van der Waals surface area contributed by atoms with Gasteiger partial charge in [-0.15, -0.1) is 0 Å². The molecule has 0 spiro atoms. The molecule has 3 amide bonds. The summed E-state index contributed by atoms with van der Waals surface area (Å²) in [6.07, 6.45) is -3.59. The molecule has 10 N–H and O–H groups in total. The first-order chi connectivity index (χ1) is 47.0. The lowest BCUT2D eigenvalue weighted by Crippen LogP contribution is -2.82. The fourth-order valence-corrected chi connectivity index (χ4v) is 14.5. The SMILES string of the molecule is CCC1OC(=O)C(C)C(OC2CC(C)(OC)C(O)C(C)O2)C(C)C(OC2OC(C)CC(N(C)C)C2O)C(C)(O)CC(C)CN(CCCNC(=[NH+]CC(=O)O)N(CCC(C)C)C(=O)C(Cc2ccccc2)NC(=O)CNC(=O)C(C)C2=CC(C(=O)c3ccccc3)CC=C2)C(C)C(O)C1(C)O. The number of benzene rings is 2. The number of likely N-dealkylation sites (N-methyl/N-ethyl adjacent to an activating group) is 1. The van der Waals surface area contributed by atoms with E-state index in [0.29, 0.717) is 36.0 Å². The Bertz CT molecular complexity index is 3080. The van der Waals surface area contributed by atoms with Crippen LogP contribution >= 0.6 is 0 Å². The Morgan fingerprint density at radius 2 is 1.53 bits per heavy atom. The third-order valence-electron chi connectivity index (χ3n) is 20.5. The standard InChI is InChI=1S/C75H117N7O18/c1-17-58-75(13,94)65(88)50(9)81(43-45(4)39-73(11,93)67(100-71-63(87)57(80(14)15)36-46(5)96-71)48(7)64(49(8)70(92)98-58)99-61-40-74(12,95-16)66(89)51(10)97-61)34-25-33-76-72(78-42-60(84)85)82(35-32-44(2)3)69(91)56(37-52-26-20-18-21-27-52)79-59(83)41-77-68(90)47(6)54-30-24-31-55(38-54)62(86)53-28-22-19-23-29-53/h18-24,26-30,38,44-51,55-58,61,63-67,71,87-89,93-94H,17,25,31-37,39-43H2,1-16H3,(H,76,78)(H,77,90)(H,79,83)(H,84,85)/p+1. The van der Waals surface area contributed by atoms with Crippen molar-refractivity contribution in [2.45, 2.75) is 238 Å². The number of aliphatic hydroxyl groups is 5. The lowest BCUT2D eigenvalue weighted by atomic mass is 9.77. The van der Waals surface area contributed by atoms with Crippen molar-refractivity contribution in [3.63, 3.8) is 0 Å². The largest absolute Gasteiger partial charge is 0.479 e. The third-order valence-corrected chi connectivity index (χ3v) is 20.5. The maximum atomic E-state index is 15.3. The minimum Gasteiger partial charge on any atom is -0.479 e. The molecule has 25 heteroatoms. The Kier molecular flexibility index (Phi) is 31.0. The highest BCUT2D eigenvalue weighted by Crippen LogP contribution is 2.41. The molecule has 6 rings (SSSR count). The number of aliphatic carboxylic acids is 1. The highest BCUT2D eigenvalue weighted by molar-refractivity contribution is 6.00. The molecule has 560 valence electrons. The summed E-state index contributed by atoms with van der Waals surface area (Å²) in [7, 11) is 5.18. The van der Waals surface area contributed by atoms with Crippen LogP contribution in [0.5, 0.6) is 0 Å². The quantitative estimate of drug-likeness (QED) is 0.0212. The second kappa shape index (κ2) is 37.4. The van der Waals surface area contributed by atoms with Crippen molar-refractivity contribution in [2.75, 3.05) is 60.5 Å². The average Bonchev–Trinajstić information content (AvgIpc) is 1.12. The molecule has 0 saturated carbocycles. The number of hydrogen-bond donors (Lipinski definition) is 10. The van der Waals surface area contributed by atoms with E-state index in [9.17, 15) is 54.6 Å².